The quantitative estimate of drug-likeness (QED) is 0.650. The minimum Gasteiger partial charge on any atom is -0.393 e. The molecule has 1 saturated heterocycles. The van der Waals surface area contributed by atoms with Crippen LogP contribution in [0, 0.1) is 5.41 Å². The van der Waals surface area contributed by atoms with Crippen molar-refractivity contribution in [3.8, 4) is 5.69 Å². The van der Waals surface area contributed by atoms with Crippen LogP contribution in [0.25, 0.3) is 16.6 Å². The second-order valence-electron chi connectivity index (χ2n) is 8.25. The van der Waals surface area contributed by atoms with E-state index >= 15 is 0 Å². The highest BCUT2D eigenvalue weighted by Gasteiger charge is 2.70. The Bertz CT molecular complexity index is 1070. The Balaban J connectivity index is 1.50. The second kappa shape index (κ2) is 5.90. The maximum Gasteiger partial charge on any atom is 0.250 e. The Morgan fingerprint density at radius 3 is 2.79 bits per heavy atom. The van der Waals surface area contributed by atoms with Gasteiger partial charge in [-0.05, 0) is 50.1 Å². The summed E-state index contributed by atoms with van der Waals surface area (Å²) in [5.41, 5.74) is 8.76. The molecule has 1 aromatic heterocycles. The number of amides is 1. The van der Waals surface area contributed by atoms with Crippen molar-refractivity contribution in [3.63, 3.8) is 0 Å². The summed E-state index contributed by atoms with van der Waals surface area (Å²) in [6.45, 7) is 3.76. The van der Waals surface area contributed by atoms with Gasteiger partial charge < -0.3 is 16.2 Å². The molecule has 3 aromatic rings. The number of benzene rings is 2. The molecule has 2 heterocycles. The van der Waals surface area contributed by atoms with E-state index in [0.29, 0.717) is 11.1 Å². The Hall–Kier alpha value is -2.70. The number of primary amides is 1. The third kappa shape index (κ3) is 2.28. The normalized spacial score (nSPS) is 27.4. The number of nitrogens with zero attached hydrogens (tertiary/aromatic N) is 2. The molecule has 2 fully saturated rings. The highest BCUT2D eigenvalue weighted by Crippen LogP contribution is 2.69. The van der Waals surface area contributed by atoms with Crippen LogP contribution in [-0.2, 0) is 5.41 Å². The summed E-state index contributed by atoms with van der Waals surface area (Å²) in [6.07, 6.45) is 3.66. The second-order valence-corrected chi connectivity index (χ2v) is 8.25. The average Bonchev–Trinajstić information content (AvgIpc) is 3.24. The van der Waals surface area contributed by atoms with Gasteiger partial charge in [0.1, 0.15) is 5.52 Å². The topological polar surface area (TPSA) is 93.2 Å². The predicted octanol–water partition coefficient (Wildman–Crippen LogP) is 2.13. The number of aliphatic hydroxyl groups excluding tert-OH is 1. The number of carbonyl (C=O) groups is 1. The predicted molar refractivity (Wildman–Crippen MR) is 107 cm³/mol. The van der Waals surface area contributed by atoms with Crippen LogP contribution in [0.4, 0.5) is 0 Å². The van der Waals surface area contributed by atoms with Crippen molar-refractivity contribution >= 4 is 16.8 Å². The molecule has 2 aromatic carbocycles. The Labute approximate surface area is 163 Å². The van der Waals surface area contributed by atoms with E-state index in [1.807, 2.05) is 25.3 Å². The fourth-order valence-electron chi connectivity index (χ4n) is 5.22. The molecule has 2 aliphatic rings. The summed E-state index contributed by atoms with van der Waals surface area (Å²) < 4.78 is 1.79. The number of aliphatic hydroxyl groups is 1. The SMILES string of the molecule is CC(O)C12CNCCC1(c1ccc(-n3cc4cccc(C(N)=O)c4n3)cc1)C2. The van der Waals surface area contributed by atoms with Crippen molar-refractivity contribution in [1.29, 1.82) is 0 Å². The standard InChI is InChI=1S/C22H24N4O2/c1-14(27)22-12-21(22,9-10-24-13-22)16-5-7-17(8-6-16)26-11-15-3-2-4-18(20(23)28)19(15)25-26/h2-8,11,14,24,27H,9-10,12-13H2,1H3,(H2,23,28). The number of rotatable bonds is 4. The summed E-state index contributed by atoms with van der Waals surface area (Å²) in [6, 6.07) is 13.9. The Morgan fingerprint density at radius 2 is 2.07 bits per heavy atom. The van der Waals surface area contributed by atoms with Crippen molar-refractivity contribution in [3.05, 3.63) is 59.8 Å². The molecule has 1 aliphatic heterocycles. The van der Waals surface area contributed by atoms with Crippen LogP contribution in [-0.4, -0.2) is 40.0 Å². The molecule has 6 heteroatoms. The molecule has 1 amide bonds. The zero-order chi connectivity index (χ0) is 19.5. The lowest BCUT2D eigenvalue weighted by atomic mass is 9.78. The van der Waals surface area contributed by atoms with Crippen LogP contribution in [0.3, 0.4) is 0 Å². The summed E-state index contributed by atoms with van der Waals surface area (Å²) in [5, 5.41) is 19.3. The zero-order valence-corrected chi connectivity index (χ0v) is 15.9. The van der Waals surface area contributed by atoms with Gasteiger partial charge in [0.25, 0.3) is 5.91 Å². The lowest BCUT2D eigenvalue weighted by Crippen LogP contribution is -2.43. The molecule has 5 rings (SSSR count). The molecular weight excluding hydrogens is 352 g/mol. The Kier molecular flexibility index (Phi) is 3.66. The van der Waals surface area contributed by atoms with E-state index in [2.05, 4.69) is 34.7 Å². The summed E-state index contributed by atoms with van der Waals surface area (Å²) >= 11 is 0. The fraction of sp³-hybridized carbons (Fsp3) is 0.364. The van der Waals surface area contributed by atoms with Gasteiger partial charge in [-0.2, -0.15) is 5.10 Å². The number of carbonyl (C=O) groups excluding carboxylic acids is 1. The van der Waals surface area contributed by atoms with E-state index < -0.39 is 5.91 Å². The first-order chi connectivity index (χ1) is 13.5. The first kappa shape index (κ1) is 17.4. The Morgan fingerprint density at radius 1 is 1.29 bits per heavy atom. The van der Waals surface area contributed by atoms with Crippen LogP contribution >= 0.6 is 0 Å². The maximum absolute atomic E-state index is 11.7. The highest BCUT2D eigenvalue weighted by atomic mass is 16.3. The van der Waals surface area contributed by atoms with Gasteiger partial charge in [-0.1, -0.05) is 24.3 Å². The van der Waals surface area contributed by atoms with Gasteiger partial charge in [0, 0.05) is 29.0 Å². The molecule has 6 nitrogen and oxygen atoms in total. The number of nitrogens with one attached hydrogen (secondary N) is 1. The van der Waals surface area contributed by atoms with Crippen LogP contribution < -0.4 is 11.1 Å². The summed E-state index contributed by atoms with van der Waals surface area (Å²) in [5.74, 6) is -0.473. The largest absolute Gasteiger partial charge is 0.393 e. The van der Waals surface area contributed by atoms with E-state index in [0.717, 1.165) is 37.0 Å². The fourth-order valence-corrected chi connectivity index (χ4v) is 5.22. The van der Waals surface area contributed by atoms with E-state index in [4.69, 9.17) is 5.73 Å². The van der Waals surface area contributed by atoms with E-state index in [-0.39, 0.29) is 16.9 Å². The molecule has 1 saturated carbocycles. The number of hydrogen-bond acceptors (Lipinski definition) is 4. The van der Waals surface area contributed by atoms with Gasteiger partial charge in [-0.25, -0.2) is 4.68 Å². The molecule has 28 heavy (non-hydrogen) atoms. The van der Waals surface area contributed by atoms with Gasteiger partial charge in [0.05, 0.1) is 17.4 Å². The number of hydrogen-bond donors (Lipinski definition) is 3. The number of aromatic nitrogens is 2. The van der Waals surface area contributed by atoms with Crippen LogP contribution in [0.5, 0.6) is 0 Å². The van der Waals surface area contributed by atoms with Gasteiger partial charge in [0.2, 0.25) is 0 Å². The first-order valence-corrected chi connectivity index (χ1v) is 9.75. The third-order valence-corrected chi connectivity index (χ3v) is 6.90. The van der Waals surface area contributed by atoms with Crippen LogP contribution in [0.2, 0.25) is 0 Å². The van der Waals surface area contributed by atoms with Gasteiger partial charge in [-0.3, -0.25) is 4.79 Å². The minimum atomic E-state index is -0.473. The molecule has 0 spiro atoms. The summed E-state index contributed by atoms with van der Waals surface area (Å²) in [7, 11) is 0. The van der Waals surface area contributed by atoms with Crippen molar-refractivity contribution in [2.24, 2.45) is 11.1 Å². The van der Waals surface area contributed by atoms with E-state index in [9.17, 15) is 9.90 Å². The lowest BCUT2D eigenvalue weighted by molar-refractivity contribution is 0.0819. The highest BCUT2D eigenvalue weighted by molar-refractivity contribution is 6.04. The monoisotopic (exact) mass is 376 g/mol. The van der Waals surface area contributed by atoms with E-state index in [1.54, 1.807) is 10.7 Å². The maximum atomic E-state index is 11.7. The van der Waals surface area contributed by atoms with E-state index in [1.165, 1.54) is 5.56 Å². The first-order valence-electron chi connectivity index (χ1n) is 9.75. The molecule has 1 aliphatic carbocycles. The molecule has 0 bridgehead atoms. The van der Waals surface area contributed by atoms with Crippen LogP contribution in [0.15, 0.2) is 48.7 Å². The summed E-state index contributed by atoms with van der Waals surface area (Å²) in [4.78, 5) is 11.7. The lowest BCUT2D eigenvalue weighted by Gasteiger charge is -2.33. The molecule has 4 N–H and O–H groups in total. The van der Waals surface area contributed by atoms with Gasteiger partial charge in [-0.15, -0.1) is 0 Å². The molecule has 3 atom stereocenters. The molecule has 144 valence electrons. The van der Waals surface area contributed by atoms with Crippen molar-refractivity contribution < 1.29 is 9.90 Å². The zero-order valence-electron chi connectivity index (χ0n) is 15.9. The third-order valence-electron chi connectivity index (χ3n) is 6.90. The van der Waals surface area contributed by atoms with Crippen molar-refractivity contribution in [2.45, 2.75) is 31.3 Å². The molecule has 0 radical (unpaired) electrons. The number of piperidine rings is 1. The molecular formula is C22H24N4O2. The van der Waals surface area contributed by atoms with Crippen LogP contribution in [0.1, 0.15) is 35.7 Å². The van der Waals surface area contributed by atoms with Gasteiger partial charge in [0.15, 0.2) is 0 Å². The number of nitrogens with two attached hydrogens (primary N) is 1. The number of fused-ring (bicyclic) bond motifs is 2. The average molecular weight is 376 g/mol. The molecule has 3 unspecified atom stereocenters. The van der Waals surface area contributed by atoms with Crippen molar-refractivity contribution in [1.82, 2.24) is 15.1 Å². The van der Waals surface area contributed by atoms with Gasteiger partial charge >= 0.3 is 0 Å². The minimum absolute atomic E-state index is 0.0520. The van der Waals surface area contributed by atoms with Crippen molar-refractivity contribution in [2.75, 3.05) is 13.1 Å². The smallest absolute Gasteiger partial charge is 0.250 e.